The minimum Gasteiger partial charge on any atom is -0.490 e. The number of benzene rings is 2. The zero-order valence-corrected chi connectivity index (χ0v) is 17.0. The van der Waals surface area contributed by atoms with E-state index in [0.717, 1.165) is 25.3 Å². The molecule has 2 aromatic carbocycles. The van der Waals surface area contributed by atoms with Crippen LogP contribution in [0.2, 0.25) is 0 Å². The quantitative estimate of drug-likeness (QED) is 0.566. The van der Waals surface area contributed by atoms with Crippen molar-refractivity contribution in [2.45, 2.75) is 36.6 Å². The van der Waals surface area contributed by atoms with Crippen LogP contribution < -0.4 is 10.1 Å². The van der Waals surface area contributed by atoms with Gasteiger partial charge in [0.15, 0.2) is 11.6 Å². The molecular formula is C20H22FN3O5S. The van der Waals surface area contributed by atoms with Gasteiger partial charge in [-0.15, -0.1) is 0 Å². The number of nitro benzene ring substituents is 1. The number of fused-ring (bicyclic) bond motifs is 1. The number of sulfonamides is 1. The molecule has 0 spiro atoms. The van der Waals surface area contributed by atoms with Gasteiger partial charge >= 0.3 is 0 Å². The minimum atomic E-state index is -3.79. The molecule has 1 N–H and O–H groups in total. The molecular weight excluding hydrogens is 413 g/mol. The summed E-state index contributed by atoms with van der Waals surface area (Å²) >= 11 is 0. The van der Waals surface area contributed by atoms with E-state index in [4.69, 9.17) is 4.74 Å². The molecule has 0 aliphatic carbocycles. The number of nitrogens with one attached hydrogen (secondary N) is 1. The average Bonchev–Trinajstić information content (AvgIpc) is 2.75. The van der Waals surface area contributed by atoms with Crippen molar-refractivity contribution in [3.63, 3.8) is 0 Å². The number of hydrogen-bond donors (Lipinski definition) is 1. The van der Waals surface area contributed by atoms with Crippen molar-refractivity contribution in [3.8, 4) is 5.75 Å². The van der Waals surface area contributed by atoms with Crippen LogP contribution in [0, 0.1) is 15.9 Å². The summed E-state index contributed by atoms with van der Waals surface area (Å²) in [5.41, 5.74) is 0.415. The monoisotopic (exact) mass is 435 g/mol. The summed E-state index contributed by atoms with van der Waals surface area (Å²) in [6, 6.07) is 8.04. The van der Waals surface area contributed by atoms with Gasteiger partial charge in [-0.25, -0.2) is 12.8 Å². The van der Waals surface area contributed by atoms with Crippen molar-refractivity contribution in [2.75, 3.05) is 25.0 Å². The van der Waals surface area contributed by atoms with Crippen molar-refractivity contribution in [1.82, 2.24) is 4.31 Å². The Morgan fingerprint density at radius 2 is 1.93 bits per heavy atom. The molecule has 1 fully saturated rings. The van der Waals surface area contributed by atoms with Gasteiger partial charge in [-0.05, 0) is 31.0 Å². The van der Waals surface area contributed by atoms with Crippen molar-refractivity contribution in [1.29, 1.82) is 0 Å². The predicted molar refractivity (Wildman–Crippen MR) is 109 cm³/mol. The number of nitro groups is 1. The van der Waals surface area contributed by atoms with Crippen molar-refractivity contribution in [2.24, 2.45) is 0 Å². The van der Waals surface area contributed by atoms with Gasteiger partial charge in [0.05, 0.1) is 22.5 Å². The second kappa shape index (κ2) is 8.19. The number of ether oxygens (including phenoxy) is 1. The Morgan fingerprint density at radius 1 is 1.17 bits per heavy atom. The zero-order chi connectivity index (χ0) is 21.3. The van der Waals surface area contributed by atoms with E-state index < -0.39 is 26.8 Å². The van der Waals surface area contributed by atoms with Crippen LogP contribution in [-0.4, -0.2) is 37.3 Å². The summed E-state index contributed by atoms with van der Waals surface area (Å²) in [6.07, 6.45) is 3.02. The van der Waals surface area contributed by atoms with Crippen molar-refractivity contribution >= 4 is 21.4 Å². The summed E-state index contributed by atoms with van der Waals surface area (Å²) in [5.74, 6) is -0.357. The molecule has 0 aromatic heterocycles. The maximum Gasteiger partial charge on any atom is 0.293 e. The number of anilines is 1. The lowest BCUT2D eigenvalue weighted by Gasteiger charge is -2.28. The summed E-state index contributed by atoms with van der Waals surface area (Å²) < 4.78 is 46.6. The Kier molecular flexibility index (Phi) is 5.61. The molecule has 160 valence electrons. The molecule has 30 heavy (non-hydrogen) atoms. The third-order valence-corrected chi connectivity index (χ3v) is 7.37. The second-order valence-electron chi connectivity index (χ2n) is 7.39. The summed E-state index contributed by atoms with van der Waals surface area (Å²) in [7, 11) is -3.79. The average molecular weight is 435 g/mol. The van der Waals surface area contributed by atoms with Crippen LogP contribution in [0.5, 0.6) is 5.75 Å². The van der Waals surface area contributed by atoms with E-state index in [9.17, 15) is 22.9 Å². The molecule has 0 bridgehead atoms. The van der Waals surface area contributed by atoms with Crippen LogP contribution >= 0.6 is 0 Å². The van der Waals surface area contributed by atoms with Crippen molar-refractivity contribution < 1.29 is 22.5 Å². The Labute approximate surface area is 173 Å². The largest absolute Gasteiger partial charge is 0.490 e. The highest BCUT2D eigenvalue weighted by Crippen LogP contribution is 2.38. The lowest BCUT2D eigenvalue weighted by Crippen LogP contribution is -2.35. The lowest BCUT2D eigenvalue weighted by molar-refractivity contribution is -0.384. The fourth-order valence-electron chi connectivity index (χ4n) is 3.92. The summed E-state index contributed by atoms with van der Waals surface area (Å²) in [6.45, 7) is 1.10. The van der Waals surface area contributed by atoms with Gasteiger partial charge in [-0.3, -0.25) is 10.1 Å². The minimum absolute atomic E-state index is 0.0972. The Morgan fingerprint density at radius 3 is 2.67 bits per heavy atom. The number of para-hydroxylation sites is 1. The normalized spacial score (nSPS) is 19.6. The van der Waals surface area contributed by atoms with Gasteiger partial charge < -0.3 is 10.1 Å². The Bertz CT molecular complexity index is 1070. The van der Waals surface area contributed by atoms with Gasteiger partial charge in [0.2, 0.25) is 10.0 Å². The van der Waals surface area contributed by atoms with E-state index >= 15 is 0 Å². The van der Waals surface area contributed by atoms with E-state index in [1.54, 1.807) is 12.1 Å². The van der Waals surface area contributed by atoms with Crippen LogP contribution in [-0.2, 0) is 10.0 Å². The highest BCUT2D eigenvalue weighted by molar-refractivity contribution is 7.89. The van der Waals surface area contributed by atoms with E-state index in [1.165, 1.54) is 22.5 Å². The van der Waals surface area contributed by atoms with E-state index in [2.05, 4.69) is 5.32 Å². The van der Waals surface area contributed by atoms with Crippen molar-refractivity contribution in [3.05, 3.63) is 57.9 Å². The lowest BCUT2D eigenvalue weighted by atomic mass is 10.00. The molecule has 1 atom stereocenters. The van der Waals surface area contributed by atoms with E-state index in [-0.39, 0.29) is 28.6 Å². The van der Waals surface area contributed by atoms with Gasteiger partial charge in [-0.2, -0.15) is 4.31 Å². The van der Waals surface area contributed by atoms with Gasteiger partial charge in [0.1, 0.15) is 5.69 Å². The highest BCUT2D eigenvalue weighted by Gasteiger charge is 2.30. The number of rotatable bonds is 5. The van der Waals surface area contributed by atoms with Crippen LogP contribution in [0.4, 0.5) is 15.8 Å². The van der Waals surface area contributed by atoms with Crippen LogP contribution in [0.3, 0.4) is 0 Å². The molecule has 10 heteroatoms. The summed E-state index contributed by atoms with van der Waals surface area (Å²) in [5, 5.41) is 14.8. The molecule has 2 heterocycles. The fourth-order valence-corrected chi connectivity index (χ4v) is 5.46. The first-order valence-corrected chi connectivity index (χ1v) is 11.3. The molecule has 1 saturated heterocycles. The van der Waals surface area contributed by atoms with Gasteiger partial charge in [0, 0.05) is 31.1 Å². The maximum atomic E-state index is 14.0. The predicted octanol–water partition coefficient (Wildman–Crippen LogP) is 3.84. The molecule has 0 radical (unpaired) electrons. The molecule has 2 aliphatic rings. The van der Waals surface area contributed by atoms with E-state index in [1.807, 2.05) is 0 Å². The fraction of sp³-hybridized carbons (Fsp3) is 0.400. The SMILES string of the molecule is O=[N+]([O-])c1cc(S(=O)(=O)N2CCCCC2)ccc1N[C@H]1CCOc2c(F)cccc21. The first kappa shape index (κ1) is 20.5. The van der Waals surface area contributed by atoms with Gasteiger partial charge in [0.25, 0.3) is 5.69 Å². The molecule has 0 unspecified atom stereocenters. The van der Waals surface area contributed by atoms with Crippen LogP contribution in [0.15, 0.2) is 41.3 Å². The number of halogens is 1. The van der Waals surface area contributed by atoms with Crippen LogP contribution in [0.25, 0.3) is 0 Å². The molecule has 4 rings (SSSR count). The highest BCUT2D eigenvalue weighted by atomic mass is 32.2. The number of nitrogens with zero attached hydrogens (tertiary/aromatic N) is 2. The third-order valence-electron chi connectivity index (χ3n) is 5.47. The summed E-state index contributed by atoms with van der Waals surface area (Å²) in [4.78, 5) is 11.0. The molecule has 0 saturated carbocycles. The van der Waals surface area contributed by atoms with Gasteiger partial charge in [-0.1, -0.05) is 18.6 Å². The third kappa shape index (κ3) is 3.84. The maximum absolute atomic E-state index is 14.0. The molecule has 8 nitrogen and oxygen atoms in total. The number of piperidine rings is 1. The standard InChI is InChI=1S/C20H22FN3O5S/c21-16-6-4-5-15-17(9-12-29-20(15)16)22-18-8-7-14(13-19(18)24(25)26)30(27,28)23-10-2-1-3-11-23/h4-8,13,17,22H,1-3,9-12H2/t17-/m0/s1. The van der Waals surface area contributed by atoms with E-state index in [0.29, 0.717) is 25.1 Å². The first-order valence-electron chi connectivity index (χ1n) is 9.84. The Hall–Kier alpha value is -2.72. The smallest absolute Gasteiger partial charge is 0.293 e. The Balaban J connectivity index is 1.66. The second-order valence-corrected chi connectivity index (χ2v) is 9.33. The topological polar surface area (TPSA) is 102 Å². The molecule has 2 aliphatic heterocycles. The number of hydrogen-bond acceptors (Lipinski definition) is 6. The van der Waals surface area contributed by atoms with Crippen LogP contribution in [0.1, 0.15) is 37.3 Å². The molecule has 2 aromatic rings. The zero-order valence-electron chi connectivity index (χ0n) is 16.2. The molecule has 0 amide bonds. The first-order chi connectivity index (χ1) is 14.4.